The van der Waals surface area contributed by atoms with Gasteiger partial charge >= 0.3 is 0 Å². The number of nitrogens with zero attached hydrogens (tertiary/aromatic N) is 5. The van der Waals surface area contributed by atoms with Crippen LogP contribution in [0.1, 0.15) is 19.3 Å². The van der Waals surface area contributed by atoms with E-state index < -0.39 is 0 Å². The molecule has 4 heterocycles. The number of halogens is 1. The number of nitrogens with one attached hydrogen (secondary N) is 1. The molecule has 128 valence electrons. The molecule has 7 heteroatoms. The molecule has 1 N–H and O–H groups in total. The minimum Gasteiger partial charge on any atom is -0.354 e. The Labute approximate surface area is 151 Å². The van der Waals surface area contributed by atoms with Gasteiger partial charge in [-0.2, -0.15) is 0 Å². The Morgan fingerprint density at radius 1 is 1.08 bits per heavy atom. The first-order valence-corrected chi connectivity index (χ1v) is 8.87. The molecule has 4 rings (SSSR count). The van der Waals surface area contributed by atoms with Crippen LogP contribution in [0.15, 0.2) is 42.9 Å². The summed E-state index contributed by atoms with van der Waals surface area (Å²) in [6, 6.07) is 7.88. The molecular formula is C18H19ClN6. The zero-order chi connectivity index (χ0) is 17.1. The molecule has 0 saturated carbocycles. The van der Waals surface area contributed by atoms with Gasteiger partial charge in [0.2, 0.25) is 5.95 Å². The molecule has 1 atom stereocenters. The van der Waals surface area contributed by atoms with Crippen molar-refractivity contribution < 1.29 is 0 Å². The smallest absolute Gasteiger partial charge is 0.222 e. The van der Waals surface area contributed by atoms with E-state index in [2.05, 4.69) is 36.2 Å². The van der Waals surface area contributed by atoms with Gasteiger partial charge in [-0.3, -0.25) is 4.98 Å². The van der Waals surface area contributed by atoms with E-state index in [1.54, 1.807) is 18.6 Å². The molecule has 0 aliphatic carbocycles. The summed E-state index contributed by atoms with van der Waals surface area (Å²) in [6.07, 6.45) is 8.62. The molecule has 3 aromatic heterocycles. The quantitative estimate of drug-likeness (QED) is 0.725. The molecule has 1 saturated heterocycles. The minimum atomic E-state index is 0.261. The lowest BCUT2D eigenvalue weighted by molar-refractivity contribution is 0.650. The second-order valence-electron chi connectivity index (χ2n) is 6.19. The van der Waals surface area contributed by atoms with Gasteiger partial charge in [-0.05, 0) is 37.5 Å². The first-order chi connectivity index (χ1) is 12.3. The van der Waals surface area contributed by atoms with Crippen LogP contribution in [0.2, 0.25) is 5.15 Å². The molecule has 0 aromatic carbocycles. The van der Waals surface area contributed by atoms with E-state index >= 15 is 0 Å². The van der Waals surface area contributed by atoms with Crippen molar-refractivity contribution in [3.8, 4) is 0 Å². The van der Waals surface area contributed by atoms with Crippen LogP contribution in [0.4, 0.5) is 11.8 Å². The van der Waals surface area contributed by atoms with E-state index in [4.69, 9.17) is 11.6 Å². The molecule has 0 amide bonds. The third kappa shape index (κ3) is 3.64. The summed E-state index contributed by atoms with van der Waals surface area (Å²) < 4.78 is 0. The second-order valence-corrected chi connectivity index (χ2v) is 6.58. The van der Waals surface area contributed by atoms with Crippen LogP contribution in [0.3, 0.4) is 0 Å². The minimum absolute atomic E-state index is 0.261. The van der Waals surface area contributed by atoms with E-state index in [9.17, 15) is 0 Å². The Morgan fingerprint density at radius 2 is 1.92 bits per heavy atom. The van der Waals surface area contributed by atoms with Gasteiger partial charge in [-0.1, -0.05) is 11.6 Å². The topological polar surface area (TPSA) is 66.8 Å². The predicted molar refractivity (Wildman–Crippen MR) is 100 cm³/mol. The number of hydrogen-bond donors (Lipinski definition) is 1. The van der Waals surface area contributed by atoms with Crippen molar-refractivity contribution in [2.75, 3.05) is 23.3 Å². The fourth-order valence-electron chi connectivity index (χ4n) is 3.28. The molecule has 1 unspecified atom stereocenters. The summed E-state index contributed by atoms with van der Waals surface area (Å²) in [4.78, 5) is 19.9. The van der Waals surface area contributed by atoms with E-state index in [0.29, 0.717) is 11.1 Å². The lowest BCUT2D eigenvalue weighted by Gasteiger charge is -2.27. The highest BCUT2D eigenvalue weighted by Crippen LogP contribution is 2.28. The highest BCUT2D eigenvalue weighted by atomic mass is 35.5. The van der Waals surface area contributed by atoms with Crippen LogP contribution in [-0.4, -0.2) is 39.1 Å². The largest absolute Gasteiger partial charge is 0.354 e. The van der Waals surface area contributed by atoms with Gasteiger partial charge in [-0.15, -0.1) is 0 Å². The van der Waals surface area contributed by atoms with Crippen LogP contribution in [0.25, 0.3) is 10.9 Å². The fraction of sp³-hybridized carbons (Fsp3) is 0.333. The Hall–Kier alpha value is -2.47. The average molecular weight is 355 g/mol. The number of anilines is 2. The third-order valence-corrected chi connectivity index (χ3v) is 4.61. The van der Waals surface area contributed by atoms with E-state index in [-0.39, 0.29) is 6.04 Å². The molecule has 0 bridgehead atoms. The standard InChI is InChI=1S/C18H19ClN6/c19-16-11-15-14(6-3-7-20-15)17(24-16)25-10-2-1-5-13(12-25)23-18-21-8-4-9-22-18/h3-4,6-9,11,13H,1-2,5,10,12H2,(H,21,22,23). The second kappa shape index (κ2) is 7.19. The summed E-state index contributed by atoms with van der Waals surface area (Å²) in [5.74, 6) is 1.57. The Morgan fingerprint density at radius 3 is 2.80 bits per heavy atom. The molecule has 1 aliphatic rings. The molecule has 1 aliphatic heterocycles. The van der Waals surface area contributed by atoms with Crippen LogP contribution >= 0.6 is 11.6 Å². The predicted octanol–water partition coefficient (Wildman–Crippen LogP) is 3.54. The van der Waals surface area contributed by atoms with Crippen molar-refractivity contribution in [3.05, 3.63) is 48.0 Å². The normalized spacial score (nSPS) is 18.1. The van der Waals surface area contributed by atoms with Gasteiger partial charge in [-0.25, -0.2) is 15.0 Å². The highest BCUT2D eigenvalue weighted by molar-refractivity contribution is 6.30. The molecule has 1 fully saturated rings. The van der Waals surface area contributed by atoms with Crippen LogP contribution in [0, 0.1) is 0 Å². The molecule has 0 radical (unpaired) electrons. The van der Waals surface area contributed by atoms with Crippen LogP contribution in [0.5, 0.6) is 0 Å². The molecular weight excluding hydrogens is 336 g/mol. The summed E-state index contributed by atoms with van der Waals surface area (Å²) in [7, 11) is 0. The van der Waals surface area contributed by atoms with E-state index in [1.807, 2.05) is 18.2 Å². The van der Waals surface area contributed by atoms with Crippen molar-refractivity contribution >= 4 is 34.3 Å². The zero-order valence-electron chi connectivity index (χ0n) is 13.8. The van der Waals surface area contributed by atoms with E-state index in [0.717, 1.165) is 49.1 Å². The van der Waals surface area contributed by atoms with Gasteiger partial charge in [0.15, 0.2) is 0 Å². The number of fused-ring (bicyclic) bond motifs is 1. The maximum absolute atomic E-state index is 6.24. The number of rotatable bonds is 3. The first-order valence-electron chi connectivity index (χ1n) is 8.49. The fourth-order valence-corrected chi connectivity index (χ4v) is 3.46. The van der Waals surface area contributed by atoms with E-state index in [1.165, 1.54) is 0 Å². The summed E-state index contributed by atoms with van der Waals surface area (Å²) in [6.45, 7) is 1.78. The van der Waals surface area contributed by atoms with Crippen molar-refractivity contribution in [2.24, 2.45) is 0 Å². The summed E-state index contributed by atoms with van der Waals surface area (Å²) >= 11 is 6.24. The number of pyridine rings is 2. The van der Waals surface area contributed by atoms with Gasteiger partial charge in [0.1, 0.15) is 11.0 Å². The lowest BCUT2D eigenvalue weighted by Crippen LogP contribution is -2.36. The zero-order valence-corrected chi connectivity index (χ0v) is 14.5. The SMILES string of the molecule is Clc1cc2ncccc2c(N2CCCCC(Nc3ncccn3)C2)n1. The number of aromatic nitrogens is 4. The monoisotopic (exact) mass is 354 g/mol. The van der Waals surface area contributed by atoms with Crippen molar-refractivity contribution in [1.29, 1.82) is 0 Å². The van der Waals surface area contributed by atoms with Crippen LogP contribution in [-0.2, 0) is 0 Å². The van der Waals surface area contributed by atoms with Crippen molar-refractivity contribution in [3.63, 3.8) is 0 Å². The summed E-state index contributed by atoms with van der Waals surface area (Å²) in [5, 5.41) is 4.95. The molecule has 25 heavy (non-hydrogen) atoms. The Balaban J connectivity index is 1.63. The highest BCUT2D eigenvalue weighted by Gasteiger charge is 2.22. The Kier molecular flexibility index (Phi) is 4.61. The van der Waals surface area contributed by atoms with Crippen LogP contribution < -0.4 is 10.2 Å². The maximum Gasteiger partial charge on any atom is 0.222 e. The molecule has 6 nitrogen and oxygen atoms in total. The van der Waals surface area contributed by atoms with Gasteiger partial charge in [0, 0.05) is 49.2 Å². The molecule has 0 spiro atoms. The summed E-state index contributed by atoms with van der Waals surface area (Å²) in [5.41, 5.74) is 0.873. The maximum atomic E-state index is 6.24. The van der Waals surface area contributed by atoms with Crippen molar-refractivity contribution in [2.45, 2.75) is 25.3 Å². The third-order valence-electron chi connectivity index (χ3n) is 4.42. The van der Waals surface area contributed by atoms with Crippen molar-refractivity contribution in [1.82, 2.24) is 19.9 Å². The average Bonchev–Trinajstić information content (AvgIpc) is 2.87. The Bertz CT molecular complexity index is 857. The lowest BCUT2D eigenvalue weighted by atomic mass is 10.1. The first kappa shape index (κ1) is 16.0. The van der Waals surface area contributed by atoms with Gasteiger partial charge < -0.3 is 10.2 Å². The van der Waals surface area contributed by atoms with Gasteiger partial charge in [0.05, 0.1) is 5.52 Å². The van der Waals surface area contributed by atoms with Gasteiger partial charge in [0.25, 0.3) is 0 Å². The molecule has 3 aromatic rings. The number of hydrogen-bond acceptors (Lipinski definition) is 6.